The van der Waals surface area contributed by atoms with Crippen molar-refractivity contribution in [2.45, 2.75) is 19.3 Å². The van der Waals surface area contributed by atoms with Crippen LogP contribution in [-0.2, 0) is 5.41 Å². The first kappa shape index (κ1) is 35.3. The summed E-state index contributed by atoms with van der Waals surface area (Å²) in [6, 6.07) is 70.8. The fourth-order valence-electron chi connectivity index (χ4n) is 9.17. The van der Waals surface area contributed by atoms with Gasteiger partial charge in [-0.3, -0.25) is 0 Å². The van der Waals surface area contributed by atoms with Crippen LogP contribution in [-0.4, -0.2) is 14.5 Å². The van der Waals surface area contributed by atoms with Crippen molar-refractivity contribution in [1.29, 1.82) is 5.26 Å². The normalized spacial score (nSPS) is 12.6. The minimum Gasteiger partial charge on any atom is -0.309 e. The molecule has 60 heavy (non-hydrogen) atoms. The molecule has 2 aromatic heterocycles. The second-order valence-electron chi connectivity index (χ2n) is 16.2. The lowest BCUT2D eigenvalue weighted by Crippen LogP contribution is -2.15. The van der Waals surface area contributed by atoms with Crippen LogP contribution in [0, 0.1) is 11.3 Å². The summed E-state index contributed by atoms with van der Waals surface area (Å²) in [7, 11) is 0. The van der Waals surface area contributed by atoms with Crippen LogP contribution in [0.1, 0.15) is 30.5 Å². The fraction of sp³-hybridized carbons (Fsp3) is 0.0536. The molecule has 0 amide bonds. The number of rotatable bonds is 6. The fourth-order valence-corrected chi connectivity index (χ4v) is 9.17. The summed E-state index contributed by atoms with van der Waals surface area (Å²) < 4.78 is 2.33. The summed E-state index contributed by atoms with van der Waals surface area (Å²) >= 11 is 0. The Labute approximate surface area is 349 Å². The van der Waals surface area contributed by atoms with Crippen LogP contribution >= 0.6 is 0 Å². The van der Waals surface area contributed by atoms with Gasteiger partial charge in [0.15, 0.2) is 5.82 Å². The van der Waals surface area contributed by atoms with Crippen molar-refractivity contribution in [3.8, 4) is 79.0 Å². The molecule has 0 spiro atoms. The Morgan fingerprint density at radius 2 is 0.983 bits per heavy atom. The average molecular weight is 767 g/mol. The van der Waals surface area contributed by atoms with Crippen molar-refractivity contribution >= 4 is 21.8 Å². The third kappa shape index (κ3) is 5.82. The van der Waals surface area contributed by atoms with Crippen molar-refractivity contribution in [2.24, 2.45) is 0 Å². The summed E-state index contributed by atoms with van der Waals surface area (Å²) in [5.74, 6) is 0.690. The third-order valence-electron chi connectivity index (χ3n) is 12.2. The van der Waals surface area contributed by atoms with Gasteiger partial charge in [-0.25, -0.2) is 9.97 Å². The largest absolute Gasteiger partial charge is 0.309 e. The monoisotopic (exact) mass is 766 g/mol. The van der Waals surface area contributed by atoms with Gasteiger partial charge < -0.3 is 4.57 Å². The first-order valence-corrected chi connectivity index (χ1v) is 20.4. The molecule has 0 bridgehead atoms. The molecule has 1 aliphatic rings. The molecule has 4 nitrogen and oxygen atoms in total. The molecule has 0 saturated heterocycles. The van der Waals surface area contributed by atoms with E-state index >= 15 is 0 Å². The maximum atomic E-state index is 9.70. The number of nitriles is 1. The maximum absolute atomic E-state index is 9.70. The van der Waals surface area contributed by atoms with Gasteiger partial charge in [0.05, 0.1) is 34.1 Å². The standard InChI is InChI=1S/C56H38N4/c1-56(2)49-32-43(24-26-45(49)46-27-25-44(33-50(46)56)60-53-22-10-9-21-47(53)48-29-36(35-57)23-28-54(48)60)55-58-51(41-19-11-17-39(30-41)37-13-5-3-6-14-37)34-52(59-55)42-20-12-18-40(31-42)38-15-7-4-8-16-38/h3-34H,1-2H3. The quantitative estimate of drug-likeness (QED) is 0.169. The molecular weight excluding hydrogens is 729 g/mol. The van der Waals surface area contributed by atoms with E-state index in [0.717, 1.165) is 66.7 Å². The smallest absolute Gasteiger partial charge is 0.160 e. The van der Waals surface area contributed by atoms with Crippen molar-refractivity contribution in [2.75, 3.05) is 0 Å². The predicted octanol–water partition coefficient (Wildman–Crippen LogP) is 14.1. The van der Waals surface area contributed by atoms with Crippen LogP contribution in [0.25, 0.3) is 94.8 Å². The summed E-state index contributed by atoms with van der Waals surface area (Å²) in [4.78, 5) is 10.6. The molecule has 0 saturated carbocycles. The first-order chi connectivity index (χ1) is 29.4. The number of hydrogen-bond donors (Lipinski definition) is 0. The van der Waals surface area contributed by atoms with Gasteiger partial charge in [-0.1, -0.05) is 147 Å². The zero-order valence-electron chi connectivity index (χ0n) is 33.3. The molecular formula is C56H38N4. The van der Waals surface area contributed by atoms with E-state index in [1.165, 1.54) is 33.4 Å². The number of fused-ring (bicyclic) bond motifs is 6. The van der Waals surface area contributed by atoms with Gasteiger partial charge in [-0.05, 0) is 105 Å². The maximum Gasteiger partial charge on any atom is 0.160 e. The molecule has 282 valence electrons. The van der Waals surface area contributed by atoms with Crippen LogP contribution in [0.5, 0.6) is 0 Å². The SMILES string of the molecule is CC1(C)c2cc(-c3nc(-c4cccc(-c5ccccc5)c4)cc(-c4cccc(-c5ccccc5)c4)n3)ccc2-c2ccc(-n3c4ccccc4c4cc(C#N)ccc43)cc21. The highest BCUT2D eigenvalue weighted by Crippen LogP contribution is 2.50. The number of aromatic nitrogens is 3. The lowest BCUT2D eigenvalue weighted by molar-refractivity contribution is 0.660. The zero-order chi connectivity index (χ0) is 40.4. The van der Waals surface area contributed by atoms with Gasteiger partial charge >= 0.3 is 0 Å². The Hall–Kier alpha value is -7.87. The molecule has 4 heteroatoms. The average Bonchev–Trinajstić information content (AvgIpc) is 3.76. The van der Waals surface area contributed by atoms with Gasteiger partial charge in [0.2, 0.25) is 0 Å². The lowest BCUT2D eigenvalue weighted by Gasteiger charge is -2.23. The molecule has 0 aliphatic heterocycles. The van der Waals surface area contributed by atoms with E-state index in [4.69, 9.17) is 9.97 Å². The molecule has 0 unspecified atom stereocenters. The summed E-state index contributed by atoms with van der Waals surface area (Å²) in [5, 5.41) is 11.9. The number of para-hydroxylation sites is 1. The Balaban J connectivity index is 1.04. The summed E-state index contributed by atoms with van der Waals surface area (Å²) in [6.07, 6.45) is 0. The second kappa shape index (κ2) is 13.9. The van der Waals surface area contributed by atoms with Crippen LogP contribution < -0.4 is 0 Å². The molecule has 11 rings (SSSR count). The molecule has 8 aromatic carbocycles. The van der Waals surface area contributed by atoms with Gasteiger partial charge in [0, 0.05) is 38.6 Å². The molecule has 0 atom stereocenters. The Morgan fingerprint density at radius 1 is 0.433 bits per heavy atom. The van der Waals surface area contributed by atoms with Gasteiger partial charge in [-0.15, -0.1) is 0 Å². The van der Waals surface area contributed by atoms with Crippen LogP contribution in [0.3, 0.4) is 0 Å². The topological polar surface area (TPSA) is 54.5 Å². The van der Waals surface area contributed by atoms with E-state index in [0.29, 0.717) is 11.4 Å². The third-order valence-corrected chi connectivity index (χ3v) is 12.2. The molecule has 0 N–H and O–H groups in total. The van der Waals surface area contributed by atoms with Crippen molar-refractivity contribution in [3.63, 3.8) is 0 Å². The number of nitrogens with zero attached hydrogens (tertiary/aromatic N) is 4. The van der Waals surface area contributed by atoms with Crippen LogP contribution in [0.2, 0.25) is 0 Å². The van der Waals surface area contributed by atoms with Gasteiger partial charge in [-0.2, -0.15) is 5.26 Å². The van der Waals surface area contributed by atoms with E-state index in [1.54, 1.807) is 0 Å². The van der Waals surface area contributed by atoms with Gasteiger partial charge in [0.25, 0.3) is 0 Å². The molecule has 10 aromatic rings. The van der Waals surface area contributed by atoms with E-state index in [2.05, 4.69) is 194 Å². The Bertz CT molecular complexity index is 3250. The van der Waals surface area contributed by atoms with Gasteiger partial charge in [0.1, 0.15) is 0 Å². The first-order valence-electron chi connectivity index (χ1n) is 20.4. The van der Waals surface area contributed by atoms with E-state index in [9.17, 15) is 5.26 Å². The van der Waals surface area contributed by atoms with Crippen LogP contribution in [0.4, 0.5) is 0 Å². The highest BCUT2D eigenvalue weighted by molar-refractivity contribution is 6.09. The zero-order valence-corrected chi connectivity index (χ0v) is 33.3. The molecule has 1 aliphatic carbocycles. The van der Waals surface area contributed by atoms with Crippen molar-refractivity contribution in [1.82, 2.24) is 14.5 Å². The number of hydrogen-bond acceptors (Lipinski definition) is 3. The van der Waals surface area contributed by atoms with Crippen molar-refractivity contribution < 1.29 is 0 Å². The highest BCUT2D eigenvalue weighted by Gasteiger charge is 2.36. The second-order valence-corrected chi connectivity index (χ2v) is 16.2. The molecule has 0 radical (unpaired) electrons. The molecule has 2 heterocycles. The van der Waals surface area contributed by atoms with E-state index < -0.39 is 0 Å². The summed E-state index contributed by atoms with van der Waals surface area (Å²) in [5.41, 5.74) is 18.1. The summed E-state index contributed by atoms with van der Waals surface area (Å²) in [6.45, 7) is 4.65. The minimum absolute atomic E-state index is 0.294. The lowest BCUT2D eigenvalue weighted by atomic mass is 9.81. The Kier molecular flexibility index (Phi) is 8.18. The number of benzene rings is 8. The van der Waals surface area contributed by atoms with Crippen molar-refractivity contribution in [3.05, 3.63) is 211 Å². The Morgan fingerprint density at radius 3 is 1.63 bits per heavy atom. The van der Waals surface area contributed by atoms with E-state index in [1.807, 2.05) is 24.3 Å². The minimum atomic E-state index is -0.294. The predicted molar refractivity (Wildman–Crippen MR) is 246 cm³/mol. The van der Waals surface area contributed by atoms with Crippen LogP contribution in [0.15, 0.2) is 194 Å². The van der Waals surface area contributed by atoms with E-state index in [-0.39, 0.29) is 5.41 Å². The molecule has 0 fully saturated rings. The highest BCUT2D eigenvalue weighted by atomic mass is 15.0.